The Kier molecular flexibility index (Phi) is 7.49. The Morgan fingerprint density at radius 2 is 1.61 bits per heavy atom. The lowest BCUT2D eigenvalue weighted by Gasteiger charge is -2.33. The Balaban J connectivity index is 1.42. The highest BCUT2D eigenvalue weighted by atomic mass is 16.2. The summed E-state index contributed by atoms with van der Waals surface area (Å²) < 4.78 is 0. The molecule has 1 aromatic rings. The zero-order chi connectivity index (χ0) is 19.9. The molecule has 0 N–H and O–H groups in total. The number of amides is 2. The highest BCUT2D eigenvalue weighted by Crippen LogP contribution is 2.24. The first kappa shape index (κ1) is 20.8. The molecule has 1 aromatic carbocycles. The van der Waals surface area contributed by atoms with Crippen molar-refractivity contribution in [2.75, 3.05) is 39.3 Å². The second-order valence-electron chi connectivity index (χ2n) is 8.09. The van der Waals surface area contributed by atoms with Crippen molar-refractivity contribution >= 4 is 11.8 Å². The summed E-state index contributed by atoms with van der Waals surface area (Å²) in [5.41, 5.74) is 1.21. The Morgan fingerprint density at radius 1 is 0.964 bits per heavy atom. The van der Waals surface area contributed by atoms with Gasteiger partial charge in [-0.2, -0.15) is 0 Å². The van der Waals surface area contributed by atoms with E-state index in [2.05, 4.69) is 35.8 Å². The number of piperidine rings is 1. The Hall–Kier alpha value is -1.88. The maximum Gasteiger partial charge on any atom is 0.225 e. The number of carbonyl (C=O) groups is 2. The van der Waals surface area contributed by atoms with Crippen LogP contribution in [0.5, 0.6) is 0 Å². The van der Waals surface area contributed by atoms with E-state index in [1.807, 2.05) is 23.1 Å². The number of carbonyl (C=O) groups excluding carboxylic acids is 2. The number of likely N-dealkylation sites (N-methyl/N-ethyl adjacent to an activating group) is 1. The SMILES string of the molecule is CCN(CC)C1CCN(C(=O)C2CCN(C(=O)CCc3ccccc3)CC2)C1. The van der Waals surface area contributed by atoms with Crippen molar-refractivity contribution in [1.82, 2.24) is 14.7 Å². The average Bonchev–Trinajstić information content (AvgIpc) is 3.23. The predicted octanol–water partition coefficient (Wildman–Crippen LogP) is 2.80. The molecule has 154 valence electrons. The molecule has 5 nitrogen and oxygen atoms in total. The normalized spacial score (nSPS) is 20.8. The van der Waals surface area contributed by atoms with Crippen LogP contribution in [0, 0.1) is 5.92 Å². The number of aryl methyl sites for hydroxylation is 1. The molecule has 3 rings (SSSR count). The van der Waals surface area contributed by atoms with Gasteiger partial charge >= 0.3 is 0 Å². The fourth-order valence-electron chi connectivity index (χ4n) is 4.67. The van der Waals surface area contributed by atoms with Gasteiger partial charge < -0.3 is 9.80 Å². The van der Waals surface area contributed by atoms with Crippen LogP contribution < -0.4 is 0 Å². The molecule has 5 heteroatoms. The third-order valence-corrected chi connectivity index (χ3v) is 6.47. The molecule has 1 unspecified atom stereocenters. The molecule has 2 aliphatic rings. The van der Waals surface area contributed by atoms with Crippen molar-refractivity contribution < 1.29 is 9.59 Å². The quantitative estimate of drug-likeness (QED) is 0.725. The molecule has 0 aromatic heterocycles. The van der Waals surface area contributed by atoms with E-state index in [0.717, 1.165) is 65.0 Å². The van der Waals surface area contributed by atoms with Gasteiger partial charge in [-0.1, -0.05) is 44.2 Å². The van der Waals surface area contributed by atoms with Crippen LogP contribution in [0.4, 0.5) is 0 Å². The monoisotopic (exact) mass is 385 g/mol. The highest BCUT2D eigenvalue weighted by molar-refractivity contribution is 5.80. The zero-order valence-corrected chi connectivity index (χ0v) is 17.5. The van der Waals surface area contributed by atoms with Gasteiger partial charge in [0.2, 0.25) is 11.8 Å². The average molecular weight is 386 g/mol. The van der Waals surface area contributed by atoms with Crippen molar-refractivity contribution in [2.24, 2.45) is 5.92 Å². The third-order valence-electron chi connectivity index (χ3n) is 6.47. The van der Waals surface area contributed by atoms with Gasteiger partial charge in [0.1, 0.15) is 0 Å². The zero-order valence-electron chi connectivity index (χ0n) is 17.5. The smallest absolute Gasteiger partial charge is 0.225 e. The van der Waals surface area contributed by atoms with Crippen LogP contribution in [-0.2, 0) is 16.0 Å². The summed E-state index contributed by atoms with van der Waals surface area (Å²) in [4.78, 5) is 31.9. The van der Waals surface area contributed by atoms with E-state index in [0.29, 0.717) is 18.4 Å². The summed E-state index contributed by atoms with van der Waals surface area (Å²) in [5.74, 6) is 0.622. The molecule has 2 saturated heterocycles. The minimum Gasteiger partial charge on any atom is -0.343 e. The first-order valence-electron chi connectivity index (χ1n) is 11.0. The minimum absolute atomic E-state index is 0.0913. The van der Waals surface area contributed by atoms with Gasteiger partial charge in [-0.15, -0.1) is 0 Å². The van der Waals surface area contributed by atoms with Crippen molar-refractivity contribution in [3.05, 3.63) is 35.9 Å². The Bertz CT molecular complexity index is 637. The van der Waals surface area contributed by atoms with Crippen molar-refractivity contribution in [1.29, 1.82) is 0 Å². The van der Waals surface area contributed by atoms with Gasteiger partial charge in [0.15, 0.2) is 0 Å². The third kappa shape index (κ3) is 5.13. The summed E-state index contributed by atoms with van der Waals surface area (Å²) in [6.07, 6.45) is 4.05. The van der Waals surface area contributed by atoms with E-state index in [1.54, 1.807) is 0 Å². The second-order valence-corrected chi connectivity index (χ2v) is 8.09. The highest BCUT2D eigenvalue weighted by Gasteiger charge is 2.34. The van der Waals surface area contributed by atoms with Gasteiger partial charge in [0, 0.05) is 44.6 Å². The topological polar surface area (TPSA) is 43.9 Å². The first-order valence-corrected chi connectivity index (χ1v) is 11.0. The molecule has 0 radical (unpaired) electrons. The number of hydrogen-bond acceptors (Lipinski definition) is 3. The minimum atomic E-state index is 0.0913. The van der Waals surface area contributed by atoms with E-state index in [1.165, 1.54) is 5.56 Å². The number of hydrogen-bond donors (Lipinski definition) is 0. The van der Waals surface area contributed by atoms with Gasteiger partial charge in [-0.05, 0) is 44.3 Å². The maximum atomic E-state index is 12.9. The Morgan fingerprint density at radius 3 is 2.25 bits per heavy atom. The van der Waals surface area contributed by atoms with E-state index in [-0.39, 0.29) is 11.8 Å². The van der Waals surface area contributed by atoms with Crippen molar-refractivity contribution in [3.8, 4) is 0 Å². The number of rotatable bonds is 7. The molecule has 2 aliphatic heterocycles. The van der Waals surface area contributed by atoms with E-state index < -0.39 is 0 Å². The molecule has 0 spiro atoms. The van der Waals surface area contributed by atoms with Gasteiger partial charge in [0.05, 0.1) is 0 Å². The lowest BCUT2D eigenvalue weighted by molar-refractivity contribution is -0.140. The molecule has 0 bridgehead atoms. The fraction of sp³-hybridized carbons (Fsp3) is 0.652. The summed E-state index contributed by atoms with van der Waals surface area (Å²) >= 11 is 0. The molecule has 0 aliphatic carbocycles. The Labute approximate surface area is 169 Å². The van der Waals surface area contributed by atoms with Crippen molar-refractivity contribution in [2.45, 2.75) is 52.0 Å². The number of benzene rings is 1. The van der Waals surface area contributed by atoms with Crippen molar-refractivity contribution in [3.63, 3.8) is 0 Å². The number of nitrogens with zero attached hydrogens (tertiary/aromatic N) is 3. The lowest BCUT2D eigenvalue weighted by atomic mass is 9.95. The summed E-state index contributed by atoms with van der Waals surface area (Å²) in [6, 6.07) is 10.7. The van der Waals surface area contributed by atoms with E-state index in [9.17, 15) is 9.59 Å². The summed E-state index contributed by atoms with van der Waals surface area (Å²) in [7, 11) is 0. The van der Waals surface area contributed by atoms with Crippen LogP contribution >= 0.6 is 0 Å². The molecular formula is C23H35N3O2. The lowest BCUT2D eigenvalue weighted by Crippen LogP contribution is -2.45. The predicted molar refractivity (Wildman–Crippen MR) is 112 cm³/mol. The van der Waals surface area contributed by atoms with Crippen LogP contribution in [0.15, 0.2) is 30.3 Å². The fourth-order valence-corrected chi connectivity index (χ4v) is 4.67. The van der Waals surface area contributed by atoms with E-state index in [4.69, 9.17) is 0 Å². The van der Waals surface area contributed by atoms with Crippen LogP contribution in [0.2, 0.25) is 0 Å². The van der Waals surface area contributed by atoms with Crippen LogP contribution in [0.3, 0.4) is 0 Å². The van der Waals surface area contributed by atoms with Gasteiger partial charge in [0.25, 0.3) is 0 Å². The maximum absolute atomic E-state index is 12.9. The standard InChI is InChI=1S/C23H35N3O2/c1-3-24(4-2)21-14-17-26(18-21)23(28)20-12-15-25(16-13-20)22(27)11-10-19-8-6-5-7-9-19/h5-9,20-21H,3-4,10-18H2,1-2H3. The van der Waals surface area contributed by atoms with Crippen LogP contribution in [0.1, 0.15) is 45.1 Å². The molecule has 28 heavy (non-hydrogen) atoms. The molecule has 0 saturated carbocycles. The largest absolute Gasteiger partial charge is 0.343 e. The van der Waals surface area contributed by atoms with Crippen LogP contribution in [-0.4, -0.2) is 71.8 Å². The van der Waals surface area contributed by atoms with Gasteiger partial charge in [-0.3, -0.25) is 14.5 Å². The molecule has 2 amide bonds. The second kappa shape index (κ2) is 10.1. The van der Waals surface area contributed by atoms with Crippen LogP contribution in [0.25, 0.3) is 0 Å². The molecule has 2 fully saturated rings. The summed E-state index contributed by atoms with van der Waals surface area (Å²) in [6.45, 7) is 9.68. The molecule has 1 atom stereocenters. The van der Waals surface area contributed by atoms with E-state index >= 15 is 0 Å². The summed E-state index contributed by atoms with van der Waals surface area (Å²) in [5, 5.41) is 0. The molecular weight excluding hydrogens is 350 g/mol. The first-order chi connectivity index (χ1) is 13.6. The molecule has 2 heterocycles. The number of likely N-dealkylation sites (tertiary alicyclic amines) is 2. The van der Waals surface area contributed by atoms with Gasteiger partial charge in [-0.25, -0.2) is 0 Å².